The second kappa shape index (κ2) is 6.61. The van der Waals surface area contributed by atoms with Crippen LogP contribution in [0.5, 0.6) is 11.5 Å². The Bertz CT molecular complexity index is 593. The van der Waals surface area contributed by atoms with E-state index in [2.05, 4.69) is 6.07 Å². The van der Waals surface area contributed by atoms with Gasteiger partial charge in [-0.05, 0) is 17.7 Å². The molecule has 2 aromatic rings. The highest BCUT2D eigenvalue weighted by Crippen LogP contribution is 2.27. The van der Waals surface area contributed by atoms with E-state index in [-0.39, 0.29) is 6.10 Å². The van der Waals surface area contributed by atoms with Crippen molar-refractivity contribution >= 4 is 0 Å². The first-order chi connectivity index (χ1) is 10.4. The number of para-hydroxylation sites is 2. The van der Waals surface area contributed by atoms with Gasteiger partial charge in [0.1, 0.15) is 18.5 Å². The fourth-order valence-corrected chi connectivity index (χ4v) is 2.16. The van der Waals surface area contributed by atoms with Gasteiger partial charge in [0.05, 0.1) is 13.7 Å². The lowest BCUT2D eigenvalue weighted by molar-refractivity contribution is -0.178. The molecular formula is C17H18O4. The molecule has 1 saturated heterocycles. The van der Waals surface area contributed by atoms with Crippen LogP contribution in [0, 0.1) is 0 Å². The molecule has 0 bridgehead atoms. The van der Waals surface area contributed by atoms with E-state index in [4.69, 9.17) is 19.2 Å². The lowest BCUT2D eigenvalue weighted by Crippen LogP contribution is -2.06. The van der Waals surface area contributed by atoms with Gasteiger partial charge >= 0.3 is 0 Å². The molecule has 0 amide bonds. The summed E-state index contributed by atoms with van der Waals surface area (Å²) in [5, 5.41) is 0. The number of ether oxygens (including phenoxy) is 2. The van der Waals surface area contributed by atoms with E-state index in [1.165, 1.54) is 7.11 Å². The molecule has 0 aliphatic carbocycles. The topological polar surface area (TPSA) is 40.2 Å². The summed E-state index contributed by atoms with van der Waals surface area (Å²) < 4.78 is 11.0. The smallest absolute Gasteiger partial charge is 0.168 e. The Morgan fingerprint density at radius 1 is 1.00 bits per heavy atom. The first kappa shape index (κ1) is 13.9. The van der Waals surface area contributed by atoms with E-state index >= 15 is 0 Å². The van der Waals surface area contributed by atoms with Crippen LogP contribution in [0.2, 0.25) is 0 Å². The molecule has 21 heavy (non-hydrogen) atoms. The Balaban J connectivity index is 1.77. The van der Waals surface area contributed by atoms with Crippen molar-refractivity contribution in [3.63, 3.8) is 0 Å². The molecule has 0 saturated carbocycles. The first-order valence-corrected chi connectivity index (χ1v) is 6.97. The van der Waals surface area contributed by atoms with Crippen LogP contribution in [-0.4, -0.2) is 26.4 Å². The molecule has 1 unspecified atom stereocenters. The number of benzene rings is 2. The minimum atomic E-state index is 0.252. The van der Waals surface area contributed by atoms with Crippen molar-refractivity contribution in [3.05, 3.63) is 59.7 Å². The molecule has 1 heterocycles. The second-order valence-corrected chi connectivity index (χ2v) is 4.91. The molecule has 0 N–H and O–H groups in total. The molecule has 3 rings (SSSR count). The summed E-state index contributed by atoms with van der Waals surface area (Å²) in [5.74, 6) is 1.61. The zero-order chi connectivity index (χ0) is 14.5. The zero-order valence-electron chi connectivity index (χ0n) is 12.0. The summed E-state index contributed by atoms with van der Waals surface area (Å²) in [5.41, 5.74) is 2.17. The summed E-state index contributed by atoms with van der Waals surface area (Å²) >= 11 is 0. The predicted molar refractivity (Wildman–Crippen MR) is 78.6 cm³/mol. The monoisotopic (exact) mass is 286 g/mol. The summed E-state index contributed by atoms with van der Waals surface area (Å²) in [6, 6.07) is 15.9. The fraction of sp³-hybridized carbons (Fsp3) is 0.294. The van der Waals surface area contributed by atoms with Crippen molar-refractivity contribution in [2.75, 3.05) is 20.3 Å². The molecule has 0 aromatic heterocycles. The van der Waals surface area contributed by atoms with Crippen molar-refractivity contribution in [1.82, 2.24) is 0 Å². The average Bonchev–Trinajstić information content (AvgIpc) is 3.33. The average molecular weight is 286 g/mol. The molecule has 1 aliphatic rings. The Labute approximate surface area is 124 Å². The maximum Gasteiger partial charge on any atom is 0.168 e. The summed E-state index contributed by atoms with van der Waals surface area (Å²) in [6.45, 7) is 1.40. The number of hydrogen-bond acceptors (Lipinski definition) is 4. The molecule has 110 valence electrons. The Morgan fingerprint density at radius 2 is 1.62 bits per heavy atom. The summed E-state index contributed by atoms with van der Waals surface area (Å²) in [7, 11) is 1.50. The van der Waals surface area contributed by atoms with Gasteiger partial charge in [-0.3, -0.25) is 0 Å². The van der Waals surface area contributed by atoms with Crippen molar-refractivity contribution in [2.45, 2.75) is 12.5 Å². The molecule has 1 fully saturated rings. The second-order valence-electron chi connectivity index (χ2n) is 4.91. The number of rotatable bonds is 7. The largest absolute Gasteiger partial charge is 0.490 e. The van der Waals surface area contributed by atoms with Gasteiger partial charge in [0.25, 0.3) is 0 Å². The molecule has 2 aromatic carbocycles. The van der Waals surface area contributed by atoms with Crippen LogP contribution in [0.25, 0.3) is 0 Å². The van der Waals surface area contributed by atoms with Crippen LogP contribution >= 0.6 is 0 Å². The van der Waals surface area contributed by atoms with Crippen LogP contribution in [0.4, 0.5) is 0 Å². The van der Waals surface area contributed by atoms with Crippen LogP contribution in [0.1, 0.15) is 11.1 Å². The number of epoxide rings is 1. The normalized spacial score (nSPS) is 16.5. The van der Waals surface area contributed by atoms with Gasteiger partial charge < -0.3 is 14.4 Å². The highest BCUT2D eigenvalue weighted by atomic mass is 17.2. The molecule has 0 radical (unpaired) electrons. The van der Waals surface area contributed by atoms with Gasteiger partial charge in [0.15, 0.2) is 5.75 Å². The Kier molecular flexibility index (Phi) is 4.38. The first-order valence-electron chi connectivity index (χ1n) is 6.97. The van der Waals surface area contributed by atoms with Crippen LogP contribution in [0.15, 0.2) is 48.5 Å². The van der Waals surface area contributed by atoms with Gasteiger partial charge in [-0.15, -0.1) is 0 Å². The van der Waals surface area contributed by atoms with E-state index in [0.717, 1.165) is 35.7 Å². The maximum atomic E-state index is 5.84. The van der Waals surface area contributed by atoms with Gasteiger partial charge in [0.2, 0.25) is 0 Å². The lowest BCUT2D eigenvalue weighted by Gasteiger charge is -2.12. The van der Waals surface area contributed by atoms with Crippen LogP contribution < -0.4 is 9.62 Å². The van der Waals surface area contributed by atoms with Gasteiger partial charge in [-0.1, -0.05) is 36.4 Å². The SMILES string of the molecule is COOc1ccccc1Cc1ccccc1OCC1CO1. The van der Waals surface area contributed by atoms with E-state index in [0.29, 0.717) is 6.61 Å². The van der Waals surface area contributed by atoms with E-state index in [1.54, 1.807) is 0 Å². The van der Waals surface area contributed by atoms with E-state index in [1.807, 2.05) is 42.5 Å². The molecule has 1 atom stereocenters. The molecule has 4 heteroatoms. The van der Waals surface area contributed by atoms with Crippen molar-refractivity contribution in [3.8, 4) is 11.5 Å². The molecule has 1 aliphatic heterocycles. The molecule has 0 spiro atoms. The van der Waals surface area contributed by atoms with Gasteiger partial charge in [-0.2, -0.15) is 4.89 Å². The van der Waals surface area contributed by atoms with Gasteiger partial charge in [0, 0.05) is 12.0 Å². The minimum absolute atomic E-state index is 0.252. The third-order valence-corrected chi connectivity index (χ3v) is 3.33. The quantitative estimate of drug-likeness (QED) is 0.446. The van der Waals surface area contributed by atoms with E-state index < -0.39 is 0 Å². The maximum absolute atomic E-state index is 5.84. The number of hydrogen-bond donors (Lipinski definition) is 0. The molecule has 4 nitrogen and oxygen atoms in total. The Morgan fingerprint density at radius 3 is 2.29 bits per heavy atom. The summed E-state index contributed by atoms with van der Waals surface area (Å²) in [4.78, 5) is 9.97. The van der Waals surface area contributed by atoms with Crippen LogP contribution in [0.3, 0.4) is 0 Å². The van der Waals surface area contributed by atoms with Crippen LogP contribution in [-0.2, 0) is 16.0 Å². The van der Waals surface area contributed by atoms with Crippen molar-refractivity contribution in [2.24, 2.45) is 0 Å². The third-order valence-electron chi connectivity index (χ3n) is 3.33. The standard InChI is InChI=1S/C17H18O4/c1-18-21-17-9-5-3-7-14(17)10-13-6-2-4-8-16(13)20-12-15-11-19-15/h2-9,15H,10-12H2,1H3. The van der Waals surface area contributed by atoms with Crippen molar-refractivity contribution in [1.29, 1.82) is 0 Å². The van der Waals surface area contributed by atoms with Crippen molar-refractivity contribution < 1.29 is 19.2 Å². The van der Waals surface area contributed by atoms with E-state index in [9.17, 15) is 0 Å². The molecular weight excluding hydrogens is 268 g/mol. The van der Waals surface area contributed by atoms with Gasteiger partial charge in [-0.25, -0.2) is 0 Å². The fourth-order valence-electron chi connectivity index (χ4n) is 2.16. The Hall–Kier alpha value is -2.04. The highest BCUT2D eigenvalue weighted by Gasteiger charge is 2.23. The summed E-state index contributed by atoms with van der Waals surface area (Å²) in [6.07, 6.45) is 0.975. The highest BCUT2D eigenvalue weighted by molar-refractivity contribution is 5.42. The predicted octanol–water partition coefficient (Wildman–Crippen LogP) is 3.00. The zero-order valence-corrected chi connectivity index (χ0v) is 12.0. The lowest BCUT2D eigenvalue weighted by atomic mass is 10.0. The minimum Gasteiger partial charge on any atom is -0.490 e. The third kappa shape index (κ3) is 3.74.